The highest BCUT2D eigenvalue weighted by Crippen LogP contribution is 2.12. The minimum atomic E-state index is -1.13. The van der Waals surface area contributed by atoms with Gasteiger partial charge in [0.15, 0.2) is 0 Å². The van der Waals surface area contributed by atoms with Crippen molar-refractivity contribution >= 4 is 14.0 Å². The van der Waals surface area contributed by atoms with E-state index in [2.05, 4.69) is 33.5 Å². The van der Waals surface area contributed by atoms with E-state index in [1.807, 2.05) is 24.3 Å². The molecule has 19 heavy (non-hydrogen) atoms. The van der Waals surface area contributed by atoms with Gasteiger partial charge in [-0.15, -0.1) is 0 Å². The Morgan fingerprint density at radius 1 is 1.16 bits per heavy atom. The van der Waals surface area contributed by atoms with Crippen LogP contribution < -0.4 is 0 Å². The van der Waals surface area contributed by atoms with E-state index >= 15 is 0 Å². The second-order valence-corrected chi connectivity index (χ2v) is 12.4. The molecular weight excluding hydrogens is 252 g/mol. The molecule has 0 bridgehead atoms. The van der Waals surface area contributed by atoms with E-state index in [1.165, 1.54) is 5.56 Å². The van der Waals surface area contributed by atoms with Gasteiger partial charge in [-0.2, -0.15) is 0 Å². The Labute approximate surface area is 118 Å². The fourth-order valence-corrected chi connectivity index (χ4v) is 2.50. The number of carbonyl (C=O) groups is 1. The van der Waals surface area contributed by atoms with Crippen molar-refractivity contribution in [2.24, 2.45) is 5.92 Å². The largest absolute Gasteiger partial charge is 0.462 e. The fraction of sp³-hybridized carbons (Fsp3) is 0.562. The molecule has 0 unspecified atom stereocenters. The second-order valence-electron chi connectivity index (χ2n) is 6.74. The van der Waals surface area contributed by atoms with E-state index in [1.54, 1.807) is 0 Å². The van der Waals surface area contributed by atoms with Gasteiger partial charge in [0.25, 0.3) is 0 Å². The lowest BCUT2D eigenvalue weighted by Crippen LogP contribution is -2.22. The number of ether oxygens (including phenoxy) is 1. The first-order valence-corrected chi connectivity index (χ1v) is 10.7. The first-order chi connectivity index (χ1) is 8.78. The standard InChI is InChI=1S/C16H26O2Si/c1-13(2)12-14-6-8-15(9-7-14)16(17)18-10-11-19(3,4)5/h6-9,13H,10-12H2,1-5H3. The SMILES string of the molecule is CC(C)Cc1ccc(C(=O)OCC[Si](C)(C)C)cc1. The average molecular weight is 278 g/mol. The van der Waals surface area contributed by atoms with Crippen LogP contribution in [-0.4, -0.2) is 20.7 Å². The summed E-state index contributed by atoms with van der Waals surface area (Å²) < 4.78 is 5.32. The summed E-state index contributed by atoms with van der Waals surface area (Å²) >= 11 is 0. The van der Waals surface area contributed by atoms with Gasteiger partial charge in [0.05, 0.1) is 12.2 Å². The van der Waals surface area contributed by atoms with Crippen LogP contribution in [-0.2, 0) is 11.2 Å². The van der Waals surface area contributed by atoms with E-state index < -0.39 is 8.07 Å². The summed E-state index contributed by atoms with van der Waals surface area (Å²) in [5, 5.41) is 0. The van der Waals surface area contributed by atoms with Crippen molar-refractivity contribution in [3.63, 3.8) is 0 Å². The Morgan fingerprint density at radius 3 is 2.21 bits per heavy atom. The summed E-state index contributed by atoms with van der Waals surface area (Å²) in [5.41, 5.74) is 1.93. The van der Waals surface area contributed by atoms with E-state index in [4.69, 9.17) is 4.74 Å². The fourth-order valence-electron chi connectivity index (χ4n) is 1.78. The molecule has 3 heteroatoms. The molecule has 1 rings (SSSR count). The van der Waals surface area contributed by atoms with Crippen LogP contribution in [0.25, 0.3) is 0 Å². The predicted molar refractivity (Wildman–Crippen MR) is 83.4 cm³/mol. The highest BCUT2D eigenvalue weighted by Gasteiger charge is 2.14. The van der Waals surface area contributed by atoms with Crippen molar-refractivity contribution in [3.8, 4) is 0 Å². The van der Waals surface area contributed by atoms with Crippen molar-refractivity contribution in [1.29, 1.82) is 0 Å². The lowest BCUT2D eigenvalue weighted by Gasteiger charge is -2.15. The second kappa shape index (κ2) is 6.90. The minimum Gasteiger partial charge on any atom is -0.462 e. The van der Waals surface area contributed by atoms with Crippen LogP contribution in [0.2, 0.25) is 25.7 Å². The Bertz CT molecular complexity index is 402. The summed E-state index contributed by atoms with van der Waals surface area (Å²) in [7, 11) is -1.13. The Balaban J connectivity index is 2.49. The van der Waals surface area contributed by atoms with Crippen LogP contribution in [0.4, 0.5) is 0 Å². The van der Waals surface area contributed by atoms with Crippen LogP contribution in [0.3, 0.4) is 0 Å². The van der Waals surface area contributed by atoms with Gasteiger partial charge in [-0.1, -0.05) is 45.6 Å². The predicted octanol–water partition coefficient (Wildman–Crippen LogP) is 4.38. The lowest BCUT2D eigenvalue weighted by molar-refractivity contribution is 0.0525. The topological polar surface area (TPSA) is 26.3 Å². The van der Waals surface area contributed by atoms with Crippen LogP contribution >= 0.6 is 0 Å². The molecule has 0 heterocycles. The third-order valence-electron chi connectivity index (χ3n) is 2.92. The van der Waals surface area contributed by atoms with Crippen molar-refractivity contribution in [1.82, 2.24) is 0 Å². The molecule has 106 valence electrons. The molecule has 1 aromatic rings. The molecule has 0 aliphatic carbocycles. The van der Waals surface area contributed by atoms with Gasteiger partial charge in [-0.25, -0.2) is 4.79 Å². The molecule has 0 aliphatic heterocycles. The van der Waals surface area contributed by atoms with Gasteiger partial charge < -0.3 is 4.74 Å². The summed E-state index contributed by atoms with van der Waals surface area (Å²) in [6.07, 6.45) is 1.05. The van der Waals surface area contributed by atoms with Gasteiger partial charge in [0.1, 0.15) is 0 Å². The molecule has 0 fully saturated rings. The van der Waals surface area contributed by atoms with Gasteiger partial charge in [0.2, 0.25) is 0 Å². The number of hydrogen-bond acceptors (Lipinski definition) is 2. The molecule has 2 nitrogen and oxygen atoms in total. The van der Waals surface area contributed by atoms with Crippen LogP contribution in [0, 0.1) is 5.92 Å². The smallest absolute Gasteiger partial charge is 0.338 e. The van der Waals surface area contributed by atoms with Gasteiger partial charge in [-0.05, 0) is 36.1 Å². The third kappa shape index (κ3) is 6.57. The van der Waals surface area contributed by atoms with E-state index in [9.17, 15) is 4.79 Å². The maximum absolute atomic E-state index is 11.9. The van der Waals surface area contributed by atoms with E-state index in [-0.39, 0.29) is 5.97 Å². The molecule has 0 saturated heterocycles. The zero-order valence-electron chi connectivity index (χ0n) is 12.8. The summed E-state index contributed by atoms with van der Waals surface area (Å²) in [6.45, 7) is 11.8. The normalized spacial score (nSPS) is 11.7. The van der Waals surface area contributed by atoms with Crippen LogP contribution in [0.15, 0.2) is 24.3 Å². The van der Waals surface area contributed by atoms with Crippen molar-refractivity contribution in [3.05, 3.63) is 35.4 Å². The summed E-state index contributed by atoms with van der Waals surface area (Å²) in [4.78, 5) is 11.9. The summed E-state index contributed by atoms with van der Waals surface area (Å²) in [6, 6.07) is 8.80. The number of carbonyl (C=O) groups excluding carboxylic acids is 1. The molecular formula is C16H26O2Si. The molecule has 0 aliphatic rings. The Morgan fingerprint density at radius 2 is 1.74 bits per heavy atom. The maximum atomic E-state index is 11.9. The third-order valence-corrected chi connectivity index (χ3v) is 4.62. The zero-order chi connectivity index (χ0) is 14.5. The zero-order valence-corrected chi connectivity index (χ0v) is 13.8. The highest BCUT2D eigenvalue weighted by atomic mass is 28.3. The van der Waals surface area contributed by atoms with Gasteiger partial charge in [0, 0.05) is 8.07 Å². The van der Waals surface area contributed by atoms with Gasteiger partial charge >= 0.3 is 5.97 Å². The first-order valence-electron chi connectivity index (χ1n) is 7.04. The molecule has 0 N–H and O–H groups in total. The van der Waals surface area contributed by atoms with E-state index in [0.29, 0.717) is 18.1 Å². The number of hydrogen-bond donors (Lipinski definition) is 0. The number of benzene rings is 1. The molecule has 0 aromatic heterocycles. The monoisotopic (exact) mass is 278 g/mol. The summed E-state index contributed by atoms with van der Waals surface area (Å²) in [5.74, 6) is 0.434. The molecule has 0 amide bonds. The van der Waals surface area contributed by atoms with Crippen molar-refractivity contribution in [2.75, 3.05) is 6.61 Å². The molecule has 0 atom stereocenters. The first kappa shape index (κ1) is 16.0. The van der Waals surface area contributed by atoms with Crippen molar-refractivity contribution < 1.29 is 9.53 Å². The van der Waals surface area contributed by atoms with E-state index in [0.717, 1.165) is 12.5 Å². The quantitative estimate of drug-likeness (QED) is 0.570. The maximum Gasteiger partial charge on any atom is 0.338 e. The molecule has 0 spiro atoms. The van der Waals surface area contributed by atoms with Crippen LogP contribution in [0.1, 0.15) is 29.8 Å². The lowest BCUT2D eigenvalue weighted by atomic mass is 10.0. The Kier molecular flexibility index (Phi) is 5.79. The average Bonchev–Trinajstić information content (AvgIpc) is 2.27. The molecule has 1 aromatic carbocycles. The molecule has 0 radical (unpaired) electrons. The molecule has 0 saturated carbocycles. The number of esters is 1. The van der Waals surface area contributed by atoms with Gasteiger partial charge in [-0.3, -0.25) is 0 Å². The highest BCUT2D eigenvalue weighted by molar-refractivity contribution is 6.76. The Hall–Kier alpha value is -1.09. The van der Waals surface area contributed by atoms with Crippen molar-refractivity contribution in [2.45, 2.75) is 46.0 Å². The van der Waals surface area contributed by atoms with Crippen LogP contribution in [0.5, 0.6) is 0 Å². The minimum absolute atomic E-state index is 0.200. The number of rotatable bonds is 6.